The second kappa shape index (κ2) is 9.99. The molecule has 0 saturated heterocycles. The van der Waals surface area contributed by atoms with Gasteiger partial charge in [-0.05, 0) is 105 Å². The van der Waals surface area contributed by atoms with Crippen LogP contribution in [0.15, 0.2) is 137 Å². The first-order valence-corrected chi connectivity index (χ1v) is 14.3. The van der Waals surface area contributed by atoms with E-state index in [1.807, 2.05) is 54.6 Å². The molecule has 0 aliphatic heterocycles. The van der Waals surface area contributed by atoms with Crippen molar-refractivity contribution < 1.29 is 22.2 Å². The van der Waals surface area contributed by atoms with Crippen LogP contribution in [0.25, 0.3) is 54.8 Å². The molecule has 1 saturated carbocycles. The van der Waals surface area contributed by atoms with Crippen molar-refractivity contribution in [2.75, 3.05) is 0 Å². The molecule has 3 unspecified atom stereocenters. The van der Waals surface area contributed by atoms with Gasteiger partial charge < -0.3 is 4.42 Å². The molecule has 1 nitrogen and oxygen atoms in total. The summed E-state index contributed by atoms with van der Waals surface area (Å²) in [6.45, 7) is 0. The predicted molar refractivity (Wildman–Crippen MR) is 181 cm³/mol. The van der Waals surface area contributed by atoms with Crippen molar-refractivity contribution in [1.29, 1.82) is 0 Å². The van der Waals surface area contributed by atoms with Gasteiger partial charge in [0.25, 0.3) is 0 Å². The molecule has 43 heavy (non-hydrogen) atoms. The summed E-state index contributed by atoms with van der Waals surface area (Å²) in [6.07, 6.45) is -15.7. The van der Waals surface area contributed by atoms with Gasteiger partial charge in [0.05, 0.1) is 6.26 Å². The minimum atomic E-state index is -3.72. The highest BCUT2D eigenvalue weighted by Crippen LogP contribution is 2.50. The zero-order valence-electron chi connectivity index (χ0n) is 36.0. The number of fused-ring (bicyclic) bond motifs is 7. The third-order valence-electron chi connectivity index (χ3n) is 8.52. The highest BCUT2D eigenvalue weighted by molar-refractivity contribution is 6.18. The van der Waals surface area contributed by atoms with Gasteiger partial charge in [0.15, 0.2) is 0 Å². The Bertz CT molecular complexity index is 2740. The predicted octanol–water partition coefficient (Wildman–Crippen LogP) is 11.8. The van der Waals surface area contributed by atoms with E-state index >= 15 is 0 Å². The van der Waals surface area contributed by atoms with E-state index in [9.17, 15) is 6.85 Å². The number of benzene rings is 5. The van der Waals surface area contributed by atoms with Crippen LogP contribution in [0.1, 0.15) is 67.2 Å². The highest BCUT2D eigenvalue weighted by Gasteiger charge is 2.33. The first-order valence-electron chi connectivity index (χ1n) is 20.9. The highest BCUT2D eigenvalue weighted by atomic mass is 16.3. The molecule has 1 aromatic heterocycles. The van der Waals surface area contributed by atoms with Gasteiger partial charge in [-0.1, -0.05) is 115 Å². The number of rotatable bonds is 3. The Kier molecular flexibility index (Phi) is 3.53. The molecule has 0 amide bonds. The molecule has 1 fully saturated rings. The first kappa shape index (κ1) is 15.2. The van der Waals surface area contributed by atoms with Gasteiger partial charge in [-0.3, -0.25) is 0 Å². The fraction of sp³-hybridized carbons (Fsp3) is 0.190. The fourth-order valence-corrected chi connectivity index (χ4v) is 6.49. The summed E-state index contributed by atoms with van der Waals surface area (Å²) in [7, 11) is 0. The molecule has 0 spiro atoms. The van der Waals surface area contributed by atoms with Gasteiger partial charge in [-0.2, -0.15) is 0 Å². The SMILES string of the molecule is [2H]C1C(c2ccccc2-c2coc3c2ccc2c4ccccc4ccc23)=C(c2ccccc2)C=C2C=C3C([2H])([2H])C([2H])([2H])C([2H])([2H])C([2H])([2H])C3([2H])C([2H])([2H])C21[2H]. The van der Waals surface area contributed by atoms with Crippen LogP contribution >= 0.6 is 0 Å². The van der Waals surface area contributed by atoms with E-state index in [4.69, 9.17) is 15.4 Å². The lowest BCUT2D eigenvalue weighted by atomic mass is 9.67. The van der Waals surface area contributed by atoms with E-state index in [1.54, 1.807) is 48.7 Å². The molecule has 3 atom stereocenters. The normalized spacial score (nSPS) is 35.6. The number of hydrogen-bond donors (Lipinski definition) is 0. The van der Waals surface area contributed by atoms with E-state index in [2.05, 4.69) is 6.07 Å². The molecule has 9 rings (SSSR count). The molecule has 3 aliphatic carbocycles. The van der Waals surface area contributed by atoms with Gasteiger partial charge in [0.1, 0.15) is 5.58 Å². The average Bonchev–Trinajstić information content (AvgIpc) is 3.61. The van der Waals surface area contributed by atoms with Crippen molar-refractivity contribution in [3.05, 3.63) is 144 Å². The third kappa shape index (κ3) is 4.06. The van der Waals surface area contributed by atoms with Crippen LogP contribution in [0.4, 0.5) is 0 Å². The Morgan fingerprint density at radius 1 is 0.651 bits per heavy atom. The number of hydrogen-bond acceptors (Lipinski definition) is 1. The zero-order chi connectivity index (χ0) is 40.0. The molecular formula is C42H34O. The number of furan rings is 1. The summed E-state index contributed by atoms with van der Waals surface area (Å²) in [5, 5.41) is 4.82. The van der Waals surface area contributed by atoms with Crippen molar-refractivity contribution in [2.24, 2.45) is 11.8 Å². The van der Waals surface area contributed by atoms with Crippen molar-refractivity contribution in [3.8, 4) is 11.1 Å². The number of allylic oxidation sites excluding steroid dienone is 6. The molecule has 208 valence electrons. The second-order valence-electron chi connectivity index (χ2n) is 10.9. The lowest BCUT2D eigenvalue weighted by Gasteiger charge is -2.38. The van der Waals surface area contributed by atoms with E-state index < -0.39 is 55.6 Å². The maximum Gasteiger partial charge on any atom is 0.142 e. The largest absolute Gasteiger partial charge is 0.463 e. The third-order valence-corrected chi connectivity index (χ3v) is 8.52. The van der Waals surface area contributed by atoms with Crippen LogP contribution in [0.5, 0.6) is 0 Å². The molecule has 0 N–H and O–H groups in total. The van der Waals surface area contributed by atoms with Crippen molar-refractivity contribution >= 4 is 43.7 Å². The Labute approximate surface area is 271 Å². The maximum absolute atomic E-state index is 9.98. The molecule has 6 aromatic rings. The van der Waals surface area contributed by atoms with E-state index in [-0.39, 0.29) is 11.1 Å². The van der Waals surface area contributed by atoms with Crippen LogP contribution in [0, 0.1) is 11.8 Å². The minimum absolute atomic E-state index is 0.189. The van der Waals surface area contributed by atoms with Crippen LogP contribution in [0.2, 0.25) is 0 Å². The van der Waals surface area contributed by atoms with Crippen molar-refractivity contribution in [1.82, 2.24) is 0 Å². The summed E-state index contributed by atoms with van der Waals surface area (Å²) in [5.41, 5.74) is 2.35. The second-order valence-corrected chi connectivity index (χ2v) is 10.9. The molecule has 0 radical (unpaired) electrons. The quantitative estimate of drug-likeness (QED) is 0.194. The molecular weight excluding hydrogens is 520 g/mol. The molecule has 1 heterocycles. The average molecular weight is 568 g/mol. The topological polar surface area (TPSA) is 13.1 Å². The Morgan fingerprint density at radius 2 is 1.44 bits per heavy atom. The van der Waals surface area contributed by atoms with E-state index in [0.29, 0.717) is 33.4 Å². The van der Waals surface area contributed by atoms with Gasteiger partial charge in [0, 0.05) is 34.2 Å². The summed E-state index contributed by atoms with van der Waals surface area (Å²) < 4.78 is 125. The fourth-order valence-electron chi connectivity index (χ4n) is 6.49. The smallest absolute Gasteiger partial charge is 0.142 e. The van der Waals surface area contributed by atoms with Gasteiger partial charge in [0.2, 0.25) is 0 Å². The van der Waals surface area contributed by atoms with Crippen molar-refractivity contribution in [3.63, 3.8) is 0 Å². The molecule has 3 aliphatic rings. The van der Waals surface area contributed by atoms with Crippen LogP contribution in [-0.2, 0) is 0 Å². The molecule has 0 bridgehead atoms. The van der Waals surface area contributed by atoms with Crippen LogP contribution in [-0.4, -0.2) is 0 Å². The Balaban J connectivity index is 1.32. The summed E-state index contributed by atoms with van der Waals surface area (Å²) in [6, 6.07) is 32.2. The minimum Gasteiger partial charge on any atom is -0.463 e. The Hall–Kier alpha value is -4.62. The molecule has 1 heteroatoms. The lowest BCUT2D eigenvalue weighted by Crippen LogP contribution is -2.23. The van der Waals surface area contributed by atoms with Gasteiger partial charge in [-0.15, -0.1) is 0 Å². The summed E-state index contributed by atoms with van der Waals surface area (Å²) in [5.74, 6) is -6.28. The molecule has 5 aromatic carbocycles. The standard InChI is InChI=1S/C42H34O/c1-2-10-27(11-3-1)39-24-31-22-29-13-4-5-14-30(29)23-32(31)25-40(39)34-16-8-9-17-35(34)41-26-43-42-37-19-18-28-12-6-7-15-33(28)36(37)20-21-38(41)42/h1-3,6-12,15-22,24,26,30,32H,4-5,13-14,23,25H2/i4D2,5D2,13D2,14D2,23D2,25D,30D,32D. The van der Waals surface area contributed by atoms with E-state index in [0.717, 1.165) is 33.0 Å². The summed E-state index contributed by atoms with van der Waals surface area (Å²) in [4.78, 5) is 0. The van der Waals surface area contributed by atoms with E-state index in [1.165, 1.54) is 6.08 Å². The monoisotopic (exact) mass is 567 g/mol. The zero-order valence-corrected chi connectivity index (χ0v) is 23.0. The van der Waals surface area contributed by atoms with Gasteiger partial charge >= 0.3 is 0 Å². The first-order chi connectivity index (χ1) is 26.3. The van der Waals surface area contributed by atoms with Crippen LogP contribution in [0.3, 0.4) is 0 Å². The summed E-state index contributed by atoms with van der Waals surface area (Å²) >= 11 is 0. The lowest BCUT2D eigenvalue weighted by molar-refractivity contribution is 0.365. The van der Waals surface area contributed by atoms with Crippen molar-refractivity contribution in [2.45, 2.75) is 38.3 Å². The van der Waals surface area contributed by atoms with Gasteiger partial charge in [-0.25, -0.2) is 0 Å². The Morgan fingerprint density at radius 3 is 2.37 bits per heavy atom. The van der Waals surface area contributed by atoms with Crippen LogP contribution < -0.4 is 0 Å². The maximum atomic E-state index is 9.98.